The van der Waals surface area contributed by atoms with Gasteiger partial charge in [0.25, 0.3) is 0 Å². The van der Waals surface area contributed by atoms with E-state index in [4.69, 9.17) is 5.11 Å². The Morgan fingerprint density at radius 1 is 1.30 bits per heavy atom. The third-order valence-corrected chi connectivity index (χ3v) is 4.10. The number of hydrogen-bond acceptors (Lipinski definition) is 3. The summed E-state index contributed by atoms with van der Waals surface area (Å²) in [6, 6.07) is 4.92. The number of amides is 1. The first-order valence-electron chi connectivity index (χ1n) is 7.08. The molecule has 20 heavy (non-hydrogen) atoms. The number of benzene rings is 1. The van der Waals surface area contributed by atoms with Gasteiger partial charge in [-0.05, 0) is 43.5 Å². The third-order valence-electron chi connectivity index (χ3n) is 4.10. The molecule has 1 atom stereocenters. The molecule has 0 aliphatic carbocycles. The molecule has 1 saturated heterocycles. The Morgan fingerprint density at radius 3 is 2.85 bits per heavy atom. The summed E-state index contributed by atoms with van der Waals surface area (Å²) >= 11 is 0. The minimum atomic E-state index is -0.956. The van der Waals surface area contributed by atoms with Crippen molar-refractivity contribution in [2.45, 2.75) is 31.7 Å². The van der Waals surface area contributed by atoms with Gasteiger partial charge < -0.3 is 15.3 Å². The zero-order chi connectivity index (χ0) is 14.1. The van der Waals surface area contributed by atoms with Gasteiger partial charge in [0.2, 0.25) is 5.91 Å². The lowest BCUT2D eigenvalue weighted by molar-refractivity contribution is -0.121. The fourth-order valence-electron chi connectivity index (χ4n) is 2.99. The summed E-state index contributed by atoms with van der Waals surface area (Å²) in [5.74, 6) is -0.881. The van der Waals surface area contributed by atoms with Crippen molar-refractivity contribution in [3.8, 4) is 0 Å². The standard InChI is InChI=1S/C15H18N2O3/c18-14(12-3-1-2-7-16-12)17-8-6-10-4-5-11(15(19)20)9-13(10)17/h4-5,9,12,16H,1-3,6-8H2,(H,19,20). The number of nitrogens with one attached hydrogen (secondary N) is 1. The normalized spacial score (nSPS) is 21.6. The van der Waals surface area contributed by atoms with E-state index in [-0.39, 0.29) is 17.5 Å². The van der Waals surface area contributed by atoms with Gasteiger partial charge in [0.15, 0.2) is 0 Å². The predicted molar refractivity (Wildman–Crippen MR) is 75.1 cm³/mol. The monoisotopic (exact) mass is 274 g/mol. The van der Waals surface area contributed by atoms with Crippen molar-refractivity contribution in [1.82, 2.24) is 5.32 Å². The maximum atomic E-state index is 12.6. The van der Waals surface area contributed by atoms with Crippen LogP contribution in [-0.4, -0.2) is 36.1 Å². The molecule has 1 amide bonds. The highest BCUT2D eigenvalue weighted by atomic mass is 16.4. The van der Waals surface area contributed by atoms with E-state index in [0.29, 0.717) is 6.54 Å². The van der Waals surface area contributed by atoms with Gasteiger partial charge in [0.1, 0.15) is 0 Å². The Labute approximate surface area is 117 Å². The zero-order valence-electron chi connectivity index (χ0n) is 11.3. The number of fused-ring (bicyclic) bond motifs is 1. The number of nitrogens with zero attached hydrogens (tertiary/aromatic N) is 1. The molecule has 1 aromatic rings. The van der Waals surface area contributed by atoms with Crippen LogP contribution in [0, 0.1) is 0 Å². The van der Waals surface area contributed by atoms with Crippen molar-refractivity contribution in [2.24, 2.45) is 0 Å². The van der Waals surface area contributed by atoms with Crippen molar-refractivity contribution in [3.05, 3.63) is 29.3 Å². The van der Waals surface area contributed by atoms with Gasteiger partial charge in [-0.3, -0.25) is 4.79 Å². The lowest BCUT2D eigenvalue weighted by atomic mass is 10.0. The van der Waals surface area contributed by atoms with E-state index in [1.54, 1.807) is 17.0 Å². The number of anilines is 1. The second-order valence-electron chi connectivity index (χ2n) is 5.39. The maximum Gasteiger partial charge on any atom is 0.335 e. The summed E-state index contributed by atoms with van der Waals surface area (Å²) in [7, 11) is 0. The SMILES string of the molecule is O=C(O)c1ccc2c(c1)N(C(=O)C1CCCCN1)CC2. The Morgan fingerprint density at radius 2 is 2.15 bits per heavy atom. The molecule has 5 heteroatoms. The molecule has 5 nitrogen and oxygen atoms in total. The molecule has 0 saturated carbocycles. The number of piperidine rings is 1. The molecule has 1 aromatic carbocycles. The van der Waals surface area contributed by atoms with E-state index in [1.165, 1.54) is 0 Å². The fraction of sp³-hybridized carbons (Fsp3) is 0.467. The van der Waals surface area contributed by atoms with Crippen LogP contribution in [0.2, 0.25) is 0 Å². The van der Waals surface area contributed by atoms with Crippen LogP contribution < -0.4 is 10.2 Å². The van der Waals surface area contributed by atoms with Gasteiger partial charge in [-0.15, -0.1) is 0 Å². The van der Waals surface area contributed by atoms with Crippen LogP contribution in [-0.2, 0) is 11.2 Å². The first-order valence-corrected chi connectivity index (χ1v) is 7.08. The molecule has 2 heterocycles. The van der Waals surface area contributed by atoms with Crippen LogP contribution in [0.3, 0.4) is 0 Å². The summed E-state index contributed by atoms with van der Waals surface area (Å²) < 4.78 is 0. The average molecular weight is 274 g/mol. The summed E-state index contributed by atoms with van der Waals surface area (Å²) in [5, 5.41) is 12.3. The molecular formula is C15H18N2O3. The number of rotatable bonds is 2. The first kappa shape index (κ1) is 13.1. The Balaban J connectivity index is 1.85. The summed E-state index contributed by atoms with van der Waals surface area (Å²) in [5.41, 5.74) is 2.06. The Bertz CT molecular complexity index is 550. The van der Waals surface area contributed by atoms with E-state index >= 15 is 0 Å². The number of hydrogen-bond donors (Lipinski definition) is 2. The lowest BCUT2D eigenvalue weighted by Gasteiger charge is -2.27. The quantitative estimate of drug-likeness (QED) is 0.855. The van der Waals surface area contributed by atoms with E-state index in [9.17, 15) is 9.59 Å². The van der Waals surface area contributed by atoms with Crippen LogP contribution in [0.1, 0.15) is 35.2 Å². The second-order valence-corrected chi connectivity index (χ2v) is 5.39. The molecule has 0 aromatic heterocycles. The molecule has 1 unspecified atom stereocenters. The highest BCUT2D eigenvalue weighted by molar-refractivity contribution is 6.00. The lowest BCUT2D eigenvalue weighted by Crippen LogP contribution is -2.48. The van der Waals surface area contributed by atoms with Crippen LogP contribution in [0.5, 0.6) is 0 Å². The first-order chi connectivity index (χ1) is 9.66. The smallest absolute Gasteiger partial charge is 0.335 e. The van der Waals surface area contributed by atoms with Crippen molar-refractivity contribution in [2.75, 3.05) is 18.0 Å². The maximum absolute atomic E-state index is 12.6. The average Bonchev–Trinajstić information content (AvgIpc) is 2.90. The molecule has 0 radical (unpaired) electrons. The van der Waals surface area contributed by atoms with E-state index in [0.717, 1.165) is 43.5 Å². The number of aromatic carboxylic acids is 1. The molecule has 0 spiro atoms. The number of carboxylic acids is 1. The number of carbonyl (C=O) groups excluding carboxylic acids is 1. The minimum Gasteiger partial charge on any atom is -0.478 e. The van der Waals surface area contributed by atoms with E-state index in [2.05, 4.69) is 5.32 Å². The highest BCUT2D eigenvalue weighted by Gasteiger charge is 2.31. The van der Waals surface area contributed by atoms with Gasteiger partial charge in [-0.2, -0.15) is 0 Å². The van der Waals surface area contributed by atoms with Gasteiger partial charge in [-0.1, -0.05) is 12.5 Å². The third kappa shape index (κ3) is 2.29. The molecule has 0 bridgehead atoms. The van der Waals surface area contributed by atoms with Crippen LogP contribution >= 0.6 is 0 Å². The number of carboxylic acid groups (broad SMARTS) is 1. The van der Waals surface area contributed by atoms with Crippen molar-refractivity contribution >= 4 is 17.6 Å². The topological polar surface area (TPSA) is 69.6 Å². The largest absolute Gasteiger partial charge is 0.478 e. The van der Waals surface area contributed by atoms with Crippen molar-refractivity contribution in [1.29, 1.82) is 0 Å². The molecular weight excluding hydrogens is 256 g/mol. The van der Waals surface area contributed by atoms with E-state index < -0.39 is 5.97 Å². The molecule has 2 aliphatic rings. The van der Waals surface area contributed by atoms with Crippen LogP contribution in [0.15, 0.2) is 18.2 Å². The molecule has 2 N–H and O–H groups in total. The molecule has 1 fully saturated rings. The Kier molecular flexibility index (Phi) is 3.44. The van der Waals surface area contributed by atoms with Gasteiger partial charge in [-0.25, -0.2) is 4.79 Å². The van der Waals surface area contributed by atoms with Crippen LogP contribution in [0.25, 0.3) is 0 Å². The highest BCUT2D eigenvalue weighted by Crippen LogP contribution is 2.30. The van der Waals surface area contributed by atoms with Gasteiger partial charge in [0, 0.05) is 12.2 Å². The number of carbonyl (C=O) groups is 2. The van der Waals surface area contributed by atoms with Gasteiger partial charge in [0.05, 0.1) is 11.6 Å². The van der Waals surface area contributed by atoms with Gasteiger partial charge >= 0.3 is 5.97 Å². The minimum absolute atomic E-state index is 0.0750. The fourth-order valence-corrected chi connectivity index (χ4v) is 2.99. The summed E-state index contributed by atoms with van der Waals surface area (Å²) in [4.78, 5) is 25.4. The van der Waals surface area contributed by atoms with Crippen molar-refractivity contribution in [3.63, 3.8) is 0 Å². The second kappa shape index (κ2) is 5.25. The summed E-state index contributed by atoms with van der Waals surface area (Å²) in [6.07, 6.45) is 3.85. The molecule has 106 valence electrons. The van der Waals surface area contributed by atoms with Crippen LogP contribution in [0.4, 0.5) is 5.69 Å². The summed E-state index contributed by atoms with van der Waals surface area (Å²) in [6.45, 7) is 1.53. The molecule has 3 rings (SSSR count). The van der Waals surface area contributed by atoms with Crippen molar-refractivity contribution < 1.29 is 14.7 Å². The van der Waals surface area contributed by atoms with E-state index in [1.807, 2.05) is 6.07 Å². The zero-order valence-corrected chi connectivity index (χ0v) is 11.3. The Hall–Kier alpha value is -1.88. The predicted octanol–water partition coefficient (Wildman–Crippen LogP) is 1.42. The molecule has 2 aliphatic heterocycles.